The molecule has 0 fully saturated rings. The molecule has 0 aliphatic heterocycles. The summed E-state index contributed by atoms with van der Waals surface area (Å²) < 4.78 is 25.2. The summed E-state index contributed by atoms with van der Waals surface area (Å²) in [5.41, 5.74) is 0.975. The van der Waals surface area contributed by atoms with Gasteiger partial charge in [-0.05, 0) is 50.9 Å². The van der Waals surface area contributed by atoms with Crippen LogP contribution in [0.25, 0.3) is 0 Å². The highest BCUT2D eigenvalue weighted by atomic mass is 32.2. The van der Waals surface area contributed by atoms with E-state index < -0.39 is 15.1 Å². The minimum Gasteiger partial charge on any atom is -0.313 e. The first-order chi connectivity index (χ1) is 8.93. The molecule has 2 atom stereocenters. The molecular weight excluding hydrogens is 258 g/mol. The van der Waals surface area contributed by atoms with Crippen molar-refractivity contribution in [3.05, 3.63) is 29.8 Å². The van der Waals surface area contributed by atoms with Crippen LogP contribution in [0.4, 0.5) is 0 Å². The Balaban J connectivity index is 2.98. The van der Waals surface area contributed by atoms with E-state index in [-0.39, 0.29) is 6.04 Å². The molecule has 1 rings (SSSR count). The summed E-state index contributed by atoms with van der Waals surface area (Å²) in [5, 5.41) is 2.92. The summed E-state index contributed by atoms with van der Waals surface area (Å²) in [7, 11) is -3.27. The van der Waals surface area contributed by atoms with Crippen molar-refractivity contribution in [3.63, 3.8) is 0 Å². The Bertz CT molecular complexity index is 497. The molecule has 19 heavy (non-hydrogen) atoms. The zero-order valence-electron chi connectivity index (χ0n) is 12.3. The van der Waals surface area contributed by atoms with Gasteiger partial charge in [0.05, 0.1) is 10.1 Å². The Morgan fingerprint density at radius 3 is 2.47 bits per heavy atom. The number of nitrogens with one attached hydrogen (secondary N) is 1. The predicted octanol–water partition coefficient (Wildman–Crippen LogP) is 2.94. The van der Waals surface area contributed by atoms with E-state index in [1.807, 2.05) is 19.9 Å². The number of sulfone groups is 1. The SMILES string of the molecule is CCCNC(CC)C(C)S(=O)(=O)c1cccc(C)c1. The highest BCUT2D eigenvalue weighted by molar-refractivity contribution is 7.92. The molecule has 0 saturated heterocycles. The van der Waals surface area contributed by atoms with Crippen molar-refractivity contribution >= 4 is 9.84 Å². The first kappa shape index (κ1) is 16.2. The van der Waals surface area contributed by atoms with Gasteiger partial charge in [0.2, 0.25) is 0 Å². The average Bonchev–Trinajstić information content (AvgIpc) is 2.39. The number of hydrogen-bond acceptors (Lipinski definition) is 3. The summed E-state index contributed by atoms with van der Waals surface area (Å²) in [6.45, 7) is 8.67. The van der Waals surface area contributed by atoms with Crippen LogP contribution in [0.5, 0.6) is 0 Å². The molecule has 0 radical (unpaired) electrons. The molecule has 0 aliphatic carbocycles. The van der Waals surface area contributed by atoms with Crippen LogP contribution in [0.2, 0.25) is 0 Å². The highest BCUT2D eigenvalue weighted by Gasteiger charge is 2.29. The normalized spacial score (nSPS) is 15.2. The Morgan fingerprint density at radius 1 is 1.26 bits per heavy atom. The van der Waals surface area contributed by atoms with Gasteiger partial charge >= 0.3 is 0 Å². The third kappa shape index (κ3) is 4.05. The molecule has 0 amide bonds. The number of rotatable bonds is 7. The summed E-state index contributed by atoms with van der Waals surface area (Å²) in [6, 6.07) is 7.15. The Morgan fingerprint density at radius 2 is 1.95 bits per heavy atom. The summed E-state index contributed by atoms with van der Waals surface area (Å²) in [5.74, 6) is 0. The maximum atomic E-state index is 12.6. The quantitative estimate of drug-likeness (QED) is 0.837. The second-order valence-electron chi connectivity index (χ2n) is 5.04. The molecule has 0 aromatic heterocycles. The monoisotopic (exact) mass is 283 g/mol. The van der Waals surface area contributed by atoms with E-state index in [0.717, 1.165) is 24.9 Å². The van der Waals surface area contributed by atoms with E-state index in [1.165, 1.54) is 0 Å². The average molecular weight is 283 g/mol. The van der Waals surface area contributed by atoms with Crippen LogP contribution in [0, 0.1) is 6.92 Å². The largest absolute Gasteiger partial charge is 0.313 e. The molecule has 0 saturated carbocycles. The lowest BCUT2D eigenvalue weighted by atomic mass is 10.1. The van der Waals surface area contributed by atoms with Crippen LogP contribution in [0.1, 0.15) is 39.2 Å². The molecule has 0 aliphatic rings. The van der Waals surface area contributed by atoms with Gasteiger partial charge in [0.25, 0.3) is 0 Å². The van der Waals surface area contributed by atoms with Crippen LogP contribution in [0.15, 0.2) is 29.2 Å². The third-order valence-electron chi connectivity index (χ3n) is 3.47. The fourth-order valence-corrected chi connectivity index (χ4v) is 3.96. The molecule has 1 N–H and O–H groups in total. The lowest BCUT2D eigenvalue weighted by Crippen LogP contribution is -2.42. The maximum absolute atomic E-state index is 12.6. The minimum atomic E-state index is -3.27. The van der Waals surface area contributed by atoms with Gasteiger partial charge in [-0.25, -0.2) is 8.42 Å². The molecule has 0 heterocycles. The van der Waals surface area contributed by atoms with Crippen molar-refractivity contribution in [1.29, 1.82) is 0 Å². The first-order valence-electron chi connectivity index (χ1n) is 6.97. The van der Waals surface area contributed by atoms with E-state index in [2.05, 4.69) is 12.2 Å². The van der Waals surface area contributed by atoms with Crippen molar-refractivity contribution in [2.45, 2.75) is 56.7 Å². The van der Waals surface area contributed by atoms with Gasteiger partial charge in [0.15, 0.2) is 9.84 Å². The molecule has 108 valence electrons. The van der Waals surface area contributed by atoms with Crippen LogP contribution < -0.4 is 5.32 Å². The molecule has 0 bridgehead atoms. The maximum Gasteiger partial charge on any atom is 0.182 e. The summed E-state index contributed by atoms with van der Waals surface area (Å²) in [4.78, 5) is 0.428. The minimum absolute atomic E-state index is 0.00506. The third-order valence-corrected chi connectivity index (χ3v) is 5.69. The van der Waals surface area contributed by atoms with Gasteiger partial charge in [-0.2, -0.15) is 0 Å². The van der Waals surface area contributed by atoms with Crippen LogP contribution >= 0.6 is 0 Å². The van der Waals surface area contributed by atoms with Crippen molar-refractivity contribution in [2.24, 2.45) is 0 Å². The predicted molar refractivity (Wildman–Crippen MR) is 80.2 cm³/mol. The standard InChI is InChI=1S/C15H25NO2S/c1-5-10-16-15(6-2)13(4)19(17,18)14-9-7-8-12(3)11-14/h7-9,11,13,15-16H,5-6,10H2,1-4H3. The van der Waals surface area contributed by atoms with E-state index in [4.69, 9.17) is 0 Å². The second-order valence-corrected chi connectivity index (χ2v) is 7.34. The fraction of sp³-hybridized carbons (Fsp3) is 0.600. The van der Waals surface area contributed by atoms with Crippen molar-refractivity contribution in [3.8, 4) is 0 Å². The second kappa shape index (κ2) is 7.06. The summed E-state index contributed by atoms with van der Waals surface area (Å²) in [6.07, 6.45) is 1.82. The van der Waals surface area contributed by atoms with Crippen LogP contribution in [-0.2, 0) is 9.84 Å². The zero-order valence-corrected chi connectivity index (χ0v) is 13.1. The number of hydrogen-bond donors (Lipinski definition) is 1. The number of aryl methyl sites for hydroxylation is 1. The zero-order chi connectivity index (χ0) is 14.5. The van der Waals surface area contributed by atoms with E-state index in [1.54, 1.807) is 25.1 Å². The molecular formula is C15H25NO2S. The van der Waals surface area contributed by atoms with Gasteiger partial charge in [-0.3, -0.25) is 0 Å². The van der Waals surface area contributed by atoms with Gasteiger partial charge in [0, 0.05) is 6.04 Å². The molecule has 1 aromatic rings. The van der Waals surface area contributed by atoms with Crippen molar-refractivity contribution in [2.75, 3.05) is 6.54 Å². The fourth-order valence-electron chi connectivity index (χ4n) is 2.20. The van der Waals surface area contributed by atoms with Crippen LogP contribution in [0.3, 0.4) is 0 Å². The topological polar surface area (TPSA) is 46.2 Å². The van der Waals surface area contributed by atoms with Gasteiger partial charge in [-0.15, -0.1) is 0 Å². The Hall–Kier alpha value is -0.870. The smallest absolute Gasteiger partial charge is 0.182 e. The van der Waals surface area contributed by atoms with Gasteiger partial charge < -0.3 is 5.32 Å². The lowest BCUT2D eigenvalue weighted by molar-refractivity contribution is 0.472. The van der Waals surface area contributed by atoms with Gasteiger partial charge in [-0.1, -0.05) is 26.0 Å². The molecule has 0 spiro atoms. The molecule has 1 aromatic carbocycles. The molecule has 3 nitrogen and oxygen atoms in total. The number of benzene rings is 1. The van der Waals surface area contributed by atoms with E-state index >= 15 is 0 Å². The first-order valence-corrected chi connectivity index (χ1v) is 8.52. The van der Waals surface area contributed by atoms with Crippen molar-refractivity contribution in [1.82, 2.24) is 5.32 Å². The van der Waals surface area contributed by atoms with E-state index in [0.29, 0.717) is 4.90 Å². The lowest BCUT2D eigenvalue weighted by Gasteiger charge is -2.24. The van der Waals surface area contributed by atoms with Crippen molar-refractivity contribution < 1.29 is 8.42 Å². The summed E-state index contributed by atoms with van der Waals surface area (Å²) >= 11 is 0. The highest BCUT2D eigenvalue weighted by Crippen LogP contribution is 2.20. The molecule has 4 heteroatoms. The Kier molecular flexibility index (Phi) is 6.01. The van der Waals surface area contributed by atoms with Gasteiger partial charge in [0.1, 0.15) is 0 Å². The molecule has 2 unspecified atom stereocenters. The van der Waals surface area contributed by atoms with E-state index in [9.17, 15) is 8.42 Å². The van der Waals surface area contributed by atoms with Crippen LogP contribution in [-0.4, -0.2) is 26.3 Å². The Labute approximate surface area is 117 Å².